The summed E-state index contributed by atoms with van der Waals surface area (Å²) in [6.07, 6.45) is 2.12. The quantitative estimate of drug-likeness (QED) is 0.810. The Labute approximate surface area is 149 Å². The summed E-state index contributed by atoms with van der Waals surface area (Å²) in [6, 6.07) is 16.2. The third-order valence-corrected chi connectivity index (χ3v) is 4.43. The highest BCUT2D eigenvalue weighted by Crippen LogP contribution is 2.14. The molecule has 0 aliphatic carbocycles. The molecule has 5 nitrogen and oxygen atoms in total. The number of carbonyl (C=O) groups is 1. The van der Waals surface area contributed by atoms with Crippen LogP contribution in [0.25, 0.3) is 0 Å². The molecule has 0 saturated carbocycles. The summed E-state index contributed by atoms with van der Waals surface area (Å²) in [7, 11) is 1.82. The SMILES string of the molecule is CN(Cc1ccccn1)C(=O)C[C@@H]1CN(Cc2ccccc2)CCO1. The highest BCUT2D eigenvalue weighted by atomic mass is 16.5. The van der Waals surface area contributed by atoms with Crippen LogP contribution in [0.15, 0.2) is 54.7 Å². The number of amides is 1. The molecule has 1 amide bonds. The molecule has 0 N–H and O–H groups in total. The highest BCUT2D eigenvalue weighted by molar-refractivity contribution is 5.76. The molecule has 5 heteroatoms. The normalized spacial score (nSPS) is 18.0. The van der Waals surface area contributed by atoms with Crippen LogP contribution in [0.5, 0.6) is 0 Å². The molecule has 1 saturated heterocycles. The number of hydrogen-bond donors (Lipinski definition) is 0. The number of pyridine rings is 1. The predicted octanol–water partition coefficient (Wildman–Crippen LogP) is 2.33. The van der Waals surface area contributed by atoms with Crippen molar-refractivity contribution in [1.82, 2.24) is 14.8 Å². The van der Waals surface area contributed by atoms with Crippen molar-refractivity contribution in [3.05, 3.63) is 66.0 Å². The van der Waals surface area contributed by atoms with Gasteiger partial charge >= 0.3 is 0 Å². The lowest BCUT2D eigenvalue weighted by atomic mass is 10.1. The first-order chi connectivity index (χ1) is 12.2. The van der Waals surface area contributed by atoms with Crippen molar-refractivity contribution < 1.29 is 9.53 Å². The van der Waals surface area contributed by atoms with Crippen molar-refractivity contribution >= 4 is 5.91 Å². The van der Waals surface area contributed by atoms with Crippen LogP contribution in [-0.2, 0) is 22.6 Å². The monoisotopic (exact) mass is 339 g/mol. The van der Waals surface area contributed by atoms with Gasteiger partial charge in [-0.3, -0.25) is 14.7 Å². The van der Waals surface area contributed by atoms with Crippen molar-refractivity contribution in [2.45, 2.75) is 25.6 Å². The van der Waals surface area contributed by atoms with Gasteiger partial charge in [0.25, 0.3) is 0 Å². The Hall–Kier alpha value is -2.24. The van der Waals surface area contributed by atoms with Crippen molar-refractivity contribution in [3.8, 4) is 0 Å². The molecule has 1 aliphatic heterocycles. The lowest BCUT2D eigenvalue weighted by Crippen LogP contribution is -2.44. The van der Waals surface area contributed by atoms with E-state index < -0.39 is 0 Å². The van der Waals surface area contributed by atoms with Gasteiger partial charge in [-0.15, -0.1) is 0 Å². The zero-order valence-corrected chi connectivity index (χ0v) is 14.7. The lowest BCUT2D eigenvalue weighted by molar-refractivity contribution is -0.135. The van der Waals surface area contributed by atoms with Crippen molar-refractivity contribution in [1.29, 1.82) is 0 Å². The first-order valence-electron chi connectivity index (χ1n) is 8.72. The molecule has 2 heterocycles. The van der Waals surface area contributed by atoms with Gasteiger partial charge in [0.05, 0.1) is 31.4 Å². The molecule has 0 unspecified atom stereocenters. The maximum Gasteiger partial charge on any atom is 0.225 e. The largest absolute Gasteiger partial charge is 0.375 e. The van der Waals surface area contributed by atoms with E-state index in [4.69, 9.17) is 4.74 Å². The number of morpholine rings is 1. The number of benzene rings is 1. The van der Waals surface area contributed by atoms with Crippen LogP contribution in [0.1, 0.15) is 17.7 Å². The zero-order chi connectivity index (χ0) is 17.5. The molecule has 1 aromatic heterocycles. The fourth-order valence-electron chi connectivity index (χ4n) is 3.06. The second-order valence-corrected chi connectivity index (χ2v) is 6.49. The molecule has 1 aliphatic rings. The van der Waals surface area contributed by atoms with Gasteiger partial charge in [-0.25, -0.2) is 0 Å². The van der Waals surface area contributed by atoms with Crippen LogP contribution in [0.4, 0.5) is 0 Å². The van der Waals surface area contributed by atoms with Gasteiger partial charge in [0, 0.05) is 32.9 Å². The number of ether oxygens (including phenoxy) is 1. The summed E-state index contributed by atoms with van der Waals surface area (Å²) in [5.41, 5.74) is 2.19. The van der Waals surface area contributed by atoms with E-state index in [-0.39, 0.29) is 12.0 Å². The van der Waals surface area contributed by atoms with E-state index in [0.717, 1.165) is 25.3 Å². The first-order valence-corrected chi connectivity index (χ1v) is 8.72. The fourth-order valence-corrected chi connectivity index (χ4v) is 3.06. The van der Waals surface area contributed by atoms with E-state index in [1.54, 1.807) is 11.1 Å². The number of nitrogens with zero attached hydrogens (tertiary/aromatic N) is 3. The van der Waals surface area contributed by atoms with E-state index in [9.17, 15) is 4.79 Å². The van der Waals surface area contributed by atoms with E-state index in [2.05, 4.69) is 34.1 Å². The number of hydrogen-bond acceptors (Lipinski definition) is 4. The molecular formula is C20H25N3O2. The van der Waals surface area contributed by atoms with Crippen molar-refractivity contribution in [2.75, 3.05) is 26.7 Å². The third-order valence-electron chi connectivity index (χ3n) is 4.43. The minimum absolute atomic E-state index is 0.0452. The van der Waals surface area contributed by atoms with Gasteiger partial charge in [-0.2, -0.15) is 0 Å². The van der Waals surface area contributed by atoms with Crippen molar-refractivity contribution in [2.24, 2.45) is 0 Å². The Morgan fingerprint density at radius 1 is 1.24 bits per heavy atom. The molecular weight excluding hydrogens is 314 g/mol. The number of aromatic nitrogens is 1. The van der Waals surface area contributed by atoms with E-state index in [1.807, 2.05) is 31.3 Å². The average molecular weight is 339 g/mol. The molecule has 0 bridgehead atoms. The maximum atomic E-state index is 12.5. The summed E-state index contributed by atoms with van der Waals surface area (Å²) in [5, 5.41) is 0. The molecule has 1 aromatic carbocycles. The summed E-state index contributed by atoms with van der Waals surface area (Å²) < 4.78 is 5.81. The second kappa shape index (κ2) is 8.74. The van der Waals surface area contributed by atoms with Gasteiger partial charge in [0.1, 0.15) is 0 Å². The molecule has 2 aromatic rings. The average Bonchev–Trinajstić information content (AvgIpc) is 2.63. The van der Waals surface area contributed by atoms with Gasteiger partial charge in [-0.05, 0) is 17.7 Å². The molecule has 3 rings (SSSR count). The van der Waals surface area contributed by atoms with E-state index in [0.29, 0.717) is 19.6 Å². The van der Waals surface area contributed by atoms with Crippen LogP contribution in [0.3, 0.4) is 0 Å². The van der Waals surface area contributed by atoms with Gasteiger partial charge in [0.15, 0.2) is 0 Å². The Morgan fingerprint density at radius 3 is 2.80 bits per heavy atom. The van der Waals surface area contributed by atoms with Gasteiger partial charge in [0.2, 0.25) is 5.91 Å². The summed E-state index contributed by atoms with van der Waals surface area (Å²) in [5.74, 6) is 0.0946. The topological polar surface area (TPSA) is 45.7 Å². The van der Waals surface area contributed by atoms with E-state index >= 15 is 0 Å². The maximum absolute atomic E-state index is 12.5. The van der Waals surface area contributed by atoms with Gasteiger partial charge < -0.3 is 9.64 Å². The minimum Gasteiger partial charge on any atom is -0.375 e. The third kappa shape index (κ3) is 5.37. The smallest absolute Gasteiger partial charge is 0.225 e. The predicted molar refractivity (Wildman–Crippen MR) is 96.8 cm³/mol. The fraction of sp³-hybridized carbons (Fsp3) is 0.400. The van der Waals surface area contributed by atoms with Crippen LogP contribution in [0, 0.1) is 0 Å². The standard InChI is InChI=1S/C20H25N3O2/c1-22(15-18-9-5-6-10-21-18)20(24)13-19-16-23(11-12-25-19)14-17-7-3-2-4-8-17/h2-10,19H,11-16H2,1H3/t19-/m1/s1. The van der Waals surface area contributed by atoms with Gasteiger partial charge in [-0.1, -0.05) is 36.4 Å². The number of rotatable bonds is 6. The molecule has 0 spiro atoms. The van der Waals surface area contributed by atoms with Crippen LogP contribution in [-0.4, -0.2) is 53.5 Å². The lowest BCUT2D eigenvalue weighted by Gasteiger charge is -2.33. The van der Waals surface area contributed by atoms with Crippen molar-refractivity contribution in [3.63, 3.8) is 0 Å². The molecule has 132 valence electrons. The molecule has 0 radical (unpaired) electrons. The minimum atomic E-state index is -0.0452. The number of carbonyl (C=O) groups excluding carboxylic acids is 1. The first kappa shape index (κ1) is 17.6. The Bertz CT molecular complexity index is 663. The summed E-state index contributed by atoms with van der Waals surface area (Å²) in [4.78, 5) is 20.8. The van der Waals surface area contributed by atoms with E-state index in [1.165, 1.54) is 5.56 Å². The Morgan fingerprint density at radius 2 is 2.04 bits per heavy atom. The Balaban J connectivity index is 1.49. The highest BCUT2D eigenvalue weighted by Gasteiger charge is 2.24. The summed E-state index contributed by atoms with van der Waals surface area (Å²) >= 11 is 0. The van der Waals surface area contributed by atoms with Crippen LogP contribution in [0.2, 0.25) is 0 Å². The Kier molecular flexibility index (Phi) is 6.14. The molecule has 25 heavy (non-hydrogen) atoms. The second-order valence-electron chi connectivity index (χ2n) is 6.49. The summed E-state index contributed by atoms with van der Waals surface area (Å²) in [6.45, 7) is 3.80. The molecule has 1 atom stereocenters. The molecule has 1 fully saturated rings. The zero-order valence-electron chi connectivity index (χ0n) is 14.7. The van der Waals surface area contributed by atoms with Crippen LogP contribution < -0.4 is 0 Å². The van der Waals surface area contributed by atoms with Crippen LogP contribution >= 0.6 is 0 Å².